The smallest absolute Gasteiger partial charge is 0.307 e. The molecule has 1 amide bonds. The quantitative estimate of drug-likeness (QED) is 0.424. The summed E-state index contributed by atoms with van der Waals surface area (Å²) >= 11 is 3.32. The van der Waals surface area contributed by atoms with Crippen molar-refractivity contribution in [3.8, 4) is 0 Å². The molecule has 2 heterocycles. The number of nitrogens with zero attached hydrogens (tertiary/aromatic N) is 5. The van der Waals surface area contributed by atoms with Crippen LogP contribution >= 0.6 is 15.9 Å². The summed E-state index contributed by atoms with van der Waals surface area (Å²) in [5.41, 5.74) is -0.125. The van der Waals surface area contributed by atoms with Crippen LogP contribution in [0.4, 0.5) is 5.69 Å². The Balaban J connectivity index is 1.83. The van der Waals surface area contributed by atoms with Gasteiger partial charge in [0.15, 0.2) is 0 Å². The third kappa shape index (κ3) is 4.62. The SMILES string of the molecule is CCC(C(=O)NCCCn1cc(Br)cn1)n1cc([N+](=O)[O-])cn1. The molecule has 0 saturated heterocycles. The van der Waals surface area contributed by atoms with Crippen LogP contribution in [0.3, 0.4) is 0 Å². The van der Waals surface area contributed by atoms with Crippen molar-refractivity contribution in [3.63, 3.8) is 0 Å². The topological polar surface area (TPSA) is 108 Å². The number of aromatic nitrogens is 4. The third-order valence-corrected chi connectivity index (χ3v) is 3.68. The maximum atomic E-state index is 12.2. The van der Waals surface area contributed by atoms with Gasteiger partial charge in [-0.05, 0) is 28.8 Å². The van der Waals surface area contributed by atoms with E-state index in [1.165, 1.54) is 10.9 Å². The maximum absolute atomic E-state index is 12.2. The molecule has 0 bridgehead atoms. The van der Waals surface area contributed by atoms with E-state index >= 15 is 0 Å². The Hall–Kier alpha value is -2.23. The highest BCUT2D eigenvalue weighted by Gasteiger charge is 2.21. The number of carbonyl (C=O) groups is 1. The molecule has 1 unspecified atom stereocenters. The fourth-order valence-electron chi connectivity index (χ4n) is 2.12. The Kier molecular flexibility index (Phi) is 5.85. The molecule has 0 aliphatic heterocycles. The first kappa shape index (κ1) is 17.1. The van der Waals surface area contributed by atoms with E-state index in [1.54, 1.807) is 10.9 Å². The molecule has 2 rings (SSSR count). The largest absolute Gasteiger partial charge is 0.354 e. The summed E-state index contributed by atoms with van der Waals surface area (Å²) < 4.78 is 4.02. The van der Waals surface area contributed by atoms with Gasteiger partial charge in [0, 0.05) is 19.3 Å². The normalized spacial score (nSPS) is 12.1. The van der Waals surface area contributed by atoms with Crippen LogP contribution in [-0.4, -0.2) is 36.9 Å². The Bertz CT molecular complexity index is 683. The van der Waals surface area contributed by atoms with E-state index in [0.29, 0.717) is 19.5 Å². The molecule has 0 aliphatic carbocycles. The average Bonchev–Trinajstić information content (AvgIpc) is 3.14. The minimum Gasteiger partial charge on any atom is -0.354 e. The summed E-state index contributed by atoms with van der Waals surface area (Å²) in [6, 6.07) is -0.553. The standard InChI is InChI=1S/C13H17BrN6O3/c1-2-12(19-9-11(7-17-19)20(22)23)13(21)15-4-3-5-18-8-10(14)6-16-18/h6-9,12H,2-5H2,1H3,(H,15,21). The molecule has 0 saturated carbocycles. The van der Waals surface area contributed by atoms with Crippen molar-refractivity contribution in [2.45, 2.75) is 32.4 Å². The number of hydrogen-bond acceptors (Lipinski definition) is 5. The molecule has 0 aliphatic rings. The number of aryl methyl sites for hydroxylation is 1. The minimum atomic E-state index is -0.553. The van der Waals surface area contributed by atoms with E-state index in [9.17, 15) is 14.9 Å². The molecule has 1 N–H and O–H groups in total. The van der Waals surface area contributed by atoms with Crippen LogP contribution in [0.15, 0.2) is 29.3 Å². The first-order valence-electron chi connectivity index (χ1n) is 7.15. The van der Waals surface area contributed by atoms with Gasteiger partial charge in [0.25, 0.3) is 0 Å². The predicted octanol–water partition coefficient (Wildman–Crippen LogP) is 1.91. The summed E-state index contributed by atoms with van der Waals surface area (Å²) in [7, 11) is 0. The van der Waals surface area contributed by atoms with Crippen LogP contribution in [-0.2, 0) is 11.3 Å². The second-order valence-electron chi connectivity index (χ2n) is 4.93. The lowest BCUT2D eigenvalue weighted by atomic mass is 10.2. The van der Waals surface area contributed by atoms with Gasteiger partial charge < -0.3 is 5.32 Å². The lowest BCUT2D eigenvalue weighted by Crippen LogP contribution is -2.33. The Morgan fingerprint density at radius 3 is 2.78 bits per heavy atom. The van der Waals surface area contributed by atoms with E-state index in [-0.39, 0.29) is 11.6 Å². The van der Waals surface area contributed by atoms with E-state index in [0.717, 1.165) is 17.1 Å². The molecule has 2 aromatic heterocycles. The first-order valence-corrected chi connectivity index (χ1v) is 7.94. The van der Waals surface area contributed by atoms with Crippen LogP contribution < -0.4 is 5.32 Å². The van der Waals surface area contributed by atoms with Crippen LogP contribution in [0.1, 0.15) is 25.8 Å². The molecule has 0 spiro atoms. The highest BCUT2D eigenvalue weighted by atomic mass is 79.9. The van der Waals surface area contributed by atoms with Crippen molar-refractivity contribution < 1.29 is 9.72 Å². The van der Waals surface area contributed by atoms with Gasteiger partial charge in [0.1, 0.15) is 18.4 Å². The summed E-state index contributed by atoms with van der Waals surface area (Å²) in [6.07, 6.45) is 7.21. The molecule has 23 heavy (non-hydrogen) atoms. The molecule has 0 aromatic carbocycles. The van der Waals surface area contributed by atoms with E-state index in [4.69, 9.17) is 0 Å². The highest BCUT2D eigenvalue weighted by molar-refractivity contribution is 9.10. The van der Waals surface area contributed by atoms with Crippen molar-refractivity contribution in [2.24, 2.45) is 0 Å². The van der Waals surface area contributed by atoms with Crippen molar-refractivity contribution in [1.82, 2.24) is 24.9 Å². The third-order valence-electron chi connectivity index (χ3n) is 3.27. The van der Waals surface area contributed by atoms with Crippen LogP contribution in [0.25, 0.3) is 0 Å². The average molecular weight is 385 g/mol. The van der Waals surface area contributed by atoms with E-state index in [1.807, 2.05) is 13.1 Å². The summed E-state index contributed by atoms with van der Waals surface area (Å²) in [6.45, 7) is 3.02. The fourth-order valence-corrected chi connectivity index (χ4v) is 2.44. The molecule has 124 valence electrons. The number of hydrogen-bond donors (Lipinski definition) is 1. The number of rotatable bonds is 8. The monoisotopic (exact) mass is 384 g/mol. The number of carbonyl (C=O) groups excluding carboxylic acids is 1. The molecule has 10 heteroatoms. The number of halogens is 1. The Labute approximate surface area is 140 Å². The minimum absolute atomic E-state index is 0.125. The highest BCUT2D eigenvalue weighted by Crippen LogP contribution is 2.15. The van der Waals surface area contributed by atoms with Crippen LogP contribution in [0.5, 0.6) is 0 Å². The lowest BCUT2D eigenvalue weighted by molar-refractivity contribution is -0.385. The number of amides is 1. The predicted molar refractivity (Wildman–Crippen MR) is 85.8 cm³/mol. The van der Waals surface area contributed by atoms with Gasteiger partial charge in [0.05, 0.1) is 15.6 Å². The summed E-state index contributed by atoms with van der Waals surface area (Å²) in [5, 5.41) is 21.5. The van der Waals surface area contributed by atoms with Crippen LogP contribution in [0.2, 0.25) is 0 Å². The van der Waals surface area contributed by atoms with Crippen molar-refractivity contribution >= 4 is 27.5 Å². The van der Waals surface area contributed by atoms with Crippen molar-refractivity contribution in [3.05, 3.63) is 39.4 Å². The summed E-state index contributed by atoms with van der Waals surface area (Å²) in [4.78, 5) is 22.3. The first-order chi connectivity index (χ1) is 11.0. The number of nitrogens with one attached hydrogen (secondary N) is 1. The summed E-state index contributed by atoms with van der Waals surface area (Å²) in [5.74, 6) is -0.202. The fraction of sp³-hybridized carbons (Fsp3) is 0.462. The van der Waals surface area contributed by atoms with Gasteiger partial charge >= 0.3 is 5.69 Å². The van der Waals surface area contributed by atoms with Gasteiger partial charge in [-0.15, -0.1) is 0 Å². The van der Waals surface area contributed by atoms with Gasteiger partial charge in [-0.3, -0.25) is 24.3 Å². The second-order valence-corrected chi connectivity index (χ2v) is 5.84. The maximum Gasteiger partial charge on any atom is 0.307 e. The zero-order valence-electron chi connectivity index (χ0n) is 12.6. The molecular formula is C13H17BrN6O3. The van der Waals surface area contributed by atoms with Crippen molar-refractivity contribution in [1.29, 1.82) is 0 Å². The van der Waals surface area contributed by atoms with Gasteiger partial charge in [0.2, 0.25) is 5.91 Å². The molecular weight excluding hydrogens is 368 g/mol. The van der Waals surface area contributed by atoms with Gasteiger partial charge in [-0.2, -0.15) is 10.2 Å². The molecule has 0 fully saturated rings. The molecule has 2 aromatic rings. The zero-order chi connectivity index (χ0) is 16.8. The number of nitro groups is 1. The Morgan fingerprint density at radius 1 is 1.43 bits per heavy atom. The Morgan fingerprint density at radius 2 is 2.22 bits per heavy atom. The lowest BCUT2D eigenvalue weighted by Gasteiger charge is -2.15. The molecule has 0 radical (unpaired) electrons. The molecule has 1 atom stereocenters. The van der Waals surface area contributed by atoms with Gasteiger partial charge in [-0.1, -0.05) is 6.92 Å². The van der Waals surface area contributed by atoms with Crippen molar-refractivity contribution in [2.75, 3.05) is 6.54 Å². The van der Waals surface area contributed by atoms with E-state index in [2.05, 4.69) is 31.4 Å². The van der Waals surface area contributed by atoms with Crippen LogP contribution in [0, 0.1) is 10.1 Å². The second kappa shape index (κ2) is 7.86. The molecule has 9 nitrogen and oxygen atoms in total. The van der Waals surface area contributed by atoms with E-state index < -0.39 is 11.0 Å². The van der Waals surface area contributed by atoms with Gasteiger partial charge in [-0.25, -0.2) is 0 Å². The zero-order valence-corrected chi connectivity index (χ0v) is 14.1.